The predicted molar refractivity (Wildman–Crippen MR) is 86.5 cm³/mol. The second-order valence-corrected chi connectivity index (χ2v) is 6.02. The zero-order chi connectivity index (χ0) is 21.7. The number of benzene rings is 1. The van der Waals surface area contributed by atoms with Gasteiger partial charge in [0.1, 0.15) is 5.82 Å². The van der Waals surface area contributed by atoms with Crippen molar-refractivity contribution in [2.24, 2.45) is 0 Å². The van der Waals surface area contributed by atoms with E-state index in [-0.39, 0.29) is 10.6 Å². The Morgan fingerprint density at radius 3 is 2.29 bits per heavy atom. The molecule has 0 fully saturated rings. The fraction of sp³-hybridized carbons (Fsp3) is 0.400. The van der Waals surface area contributed by atoms with Crippen LogP contribution in [0.25, 0.3) is 0 Å². The Morgan fingerprint density at radius 2 is 1.82 bits per heavy atom. The Morgan fingerprint density at radius 1 is 1.25 bits per heavy atom. The number of fused-ring (bicyclic) bond motifs is 1. The molecule has 0 radical (unpaired) electrons. The van der Waals surface area contributed by atoms with Crippen LogP contribution in [0, 0.1) is 5.82 Å². The molecule has 8 N–H and O–H groups in total. The van der Waals surface area contributed by atoms with Crippen LogP contribution in [0.4, 0.5) is 10.1 Å². The second-order valence-electron chi connectivity index (χ2n) is 6.02. The van der Waals surface area contributed by atoms with Crippen molar-refractivity contribution in [1.82, 2.24) is 10.2 Å². The smallest absolute Gasteiger partial charge is 0.281 e. The molecule has 0 saturated heterocycles. The van der Waals surface area contributed by atoms with Crippen molar-refractivity contribution in [2.75, 3.05) is 19.4 Å². The Balaban J connectivity index is 2.77. The number of aldehydes is 1. The largest absolute Gasteiger partial charge is 0.388 e. The molecule has 2 amide bonds. The molecule has 1 heterocycles. The van der Waals surface area contributed by atoms with Crippen molar-refractivity contribution in [3.63, 3.8) is 0 Å². The van der Waals surface area contributed by atoms with Crippen LogP contribution in [-0.2, 0) is 15.5 Å². The minimum absolute atomic E-state index is 0.221. The van der Waals surface area contributed by atoms with Crippen LogP contribution in [-0.4, -0.2) is 85.4 Å². The lowest BCUT2D eigenvalue weighted by atomic mass is 9.95. The number of likely N-dealkylation sites (N-methyl/N-ethyl adjacent to an activating group) is 1. The molecular weight excluding hydrogens is 385 g/mol. The molecule has 1 aromatic rings. The molecule has 0 aliphatic carbocycles. The number of hydrogen-bond acceptors (Lipinski definition) is 10. The van der Waals surface area contributed by atoms with Gasteiger partial charge in [-0.2, -0.15) is 0 Å². The molecule has 0 unspecified atom stereocenters. The van der Waals surface area contributed by atoms with Crippen LogP contribution in [0.3, 0.4) is 0 Å². The van der Waals surface area contributed by atoms with Crippen molar-refractivity contribution in [3.05, 3.63) is 29.1 Å². The first-order valence-corrected chi connectivity index (χ1v) is 7.65. The first-order valence-electron chi connectivity index (χ1n) is 7.65. The summed E-state index contributed by atoms with van der Waals surface area (Å²) in [6, 6.07) is -1.44. The lowest BCUT2D eigenvalue weighted by Crippen LogP contribution is -2.73. The number of hydrogen-bond donors (Lipinski definition) is 8. The maximum Gasteiger partial charge on any atom is 0.281 e. The van der Waals surface area contributed by atoms with Gasteiger partial charge >= 0.3 is 0 Å². The molecule has 28 heavy (non-hydrogen) atoms. The summed E-state index contributed by atoms with van der Waals surface area (Å²) in [5.74, 6) is -15.5. The molecule has 154 valence electrons. The fourth-order valence-corrected chi connectivity index (χ4v) is 2.93. The van der Waals surface area contributed by atoms with Gasteiger partial charge in [0.2, 0.25) is 5.91 Å². The van der Waals surface area contributed by atoms with E-state index in [9.17, 15) is 49.4 Å². The molecule has 0 aromatic heterocycles. The van der Waals surface area contributed by atoms with E-state index < -0.39 is 58.6 Å². The van der Waals surface area contributed by atoms with Crippen molar-refractivity contribution >= 4 is 23.8 Å². The zero-order valence-electron chi connectivity index (χ0n) is 14.5. The summed E-state index contributed by atoms with van der Waals surface area (Å²) in [4.78, 5) is 35.6. The van der Waals surface area contributed by atoms with E-state index in [2.05, 4.69) is 5.32 Å². The summed E-state index contributed by atoms with van der Waals surface area (Å²) in [6.45, 7) is 0. The van der Waals surface area contributed by atoms with E-state index in [0.29, 0.717) is 6.07 Å². The predicted octanol–water partition coefficient (Wildman–Crippen LogP) is -3.91. The number of carbonyl (C=O) groups is 3. The SMILES string of the molecule is CNC(=O)[C@H](N1C(=O)c2cc(F)cc(NC)c2C1(O)O)C(O)(O)C(O)(O)C=O. The van der Waals surface area contributed by atoms with E-state index in [1.54, 1.807) is 0 Å². The number of halogens is 1. The second kappa shape index (κ2) is 6.73. The Kier molecular flexibility index (Phi) is 5.20. The van der Waals surface area contributed by atoms with Crippen molar-refractivity contribution in [1.29, 1.82) is 0 Å². The van der Waals surface area contributed by atoms with Gasteiger partial charge in [0.25, 0.3) is 23.4 Å². The van der Waals surface area contributed by atoms with Crippen molar-refractivity contribution in [2.45, 2.75) is 23.5 Å². The van der Waals surface area contributed by atoms with Gasteiger partial charge in [-0.1, -0.05) is 0 Å². The van der Waals surface area contributed by atoms with Gasteiger partial charge in [0, 0.05) is 19.8 Å². The van der Waals surface area contributed by atoms with E-state index >= 15 is 0 Å². The van der Waals surface area contributed by atoms with Gasteiger partial charge in [-0.25, -0.2) is 4.39 Å². The first-order chi connectivity index (χ1) is 12.8. The number of carbonyl (C=O) groups excluding carboxylic acids is 3. The highest BCUT2D eigenvalue weighted by atomic mass is 19.1. The molecule has 0 bridgehead atoms. The average Bonchev–Trinajstić information content (AvgIpc) is 2.81. The van der Waals surface area contributed by atoms with E-state index in [4.69, 9.17) is 0 Å². The molecule has 2 rings (SSSR count). The Hall–Kier alpha value is -2.68. The van der Waals surface area contributed by atoms with Crippen molar-refractivity contribution < 1.29 is 49.4 Å². The standard InChI is InChI=1S/C15H18FN3O9/c1-17-8-4-6(16)3-7-9(8)15(27,28)19(12(7)22)10(11(21)18-2)14(25,26)13(23,24)5-20/h3-5,10,17,23-28H,1-2H3,(H,18,21)/t10-/m0/s1. The van der Waals surface area contributed by atoms with Crippen LogP contribution in [0.1, 0.15) is 15.9 Å². The normalized spacial score (nSPS) is 17.2. The monoisotopic (exact) mass is 403 g/mol. The maximum absolute atomic E-state index is 13.8. The summed E-state index contributed by atoms with van der Waals surface area (Å²) >= 11 is 0. The summed E-state index contributed by atoms with van der Waals surface area (Å²) in [7, 11) is 2.21. The molecule has 1 atom stereocenters. The fourth-order valence-electron chi connectivity index (χ4n) is 2.93. The van der Waals surface area contributed by atoms with Gasteiger partial charge in [-0.05, 0) is 12.1 Å². The molecule has 0 spiro atoms. The van der Waals surface area contributed by atoms with Gasteiger partial charge in [-0.3, -0.25) is 19.3 Å². The number of nitrogens with one attached hydrogen (secondary N) is 2. The van der Waals surface area contributed by atoms with E-state index in [1.165, 1.54) is 7.05 Å². The Labute approximate surface area is 156 Å². The highest BCUT2D eigenvalue weighted by Gasteiger charge is 2.65. The highest BCUT2D eigenvalue weighted by molar-refractivity contribution is 6.04. The summed E-state index contributed by atoms with van der Waals surface area (Å²) < 4.78 is 13.8. The van der Waals surface area contributed by atoms with Crippen LogP contribution in [0.15, 0.2) is 12.1 Å². The van der Waals surface area contributed by atoms with Crippen LogP contribution < -0.4 is 10.6 Å². The highest BCUT2D eigenvalue weighted by Crippen LogP contribution is 2.43. The van der Waals surface area contributed by atoms with Crippen LogP contribution in [0.2, 0.25) is 0 Å². The number of nitrogens with zero attached hydrogens (tertiary/aromatic N) is 1. The summed E-state index contributed by atoms with van der Waals surface area (Å²) in [5, 5.41) is 64.8. The molecule has 12 nitrogen and oxygen atoms in total. The topological polar surface area (TPSA) is 200 Å². The average molecular weight is 403 g/mol. The van der Waals surface area contributed by atoms with E-state index in [0.717, 1.165) is 13.1 Å². The lowest BCUT2D eigenvalue weighted by molar-refractivity contribution is -0.365. The molecule has 1 aliphatic rings. The Bertz CT molecular complexity index is 840. The third-order valence-corrected chi connectivity index (χ3v) is 4.33. The lowest BCUT2D eigenvalue weighted by Gasteiger charge is -2.43. The van der Waals surface area contributed by atoms with Crippen LogP contribution in [0.5, 0.6) is 0 Å². The number of rotatable bonds is 6. The maximum atomic E-state index is 13.8. The minimum Gasteiger partial charge on any atom is -0.388 e. The van der Waals surface area contributed by atoms with Gasteiger partial charge in [-0.15, -0.1) is 0 Å². The van der Waals surface area contributed by atoms with Crippen LogP contribution >= 0.6 is 0 Å². The minimum atomic E-state index is -4.11. The first kappa shape index (κ1) is 21.6. The molecule has 0 saturated carbocycles. The zero-order valence-corrected chi connectivity index (χ0v) is 14.5. The van der Waals surface area contributed by atoms with Crippen molar-refractivity contribution in [3.8, 4) is 0 Å². The van der Waals surface area contributed by atoms with Gasteiger partial charge in [0.05, 0.1) is 11.1 Å². The molecule has 13 heteroatoms. The van der Waals surface area contributed by atoms with Gasteiger partial charge < -0.3 is 41.3 Å². The molecule has 1 aliphatic heterocycles. The number of aliphatic hydroxyl groups is 6. The molecular formula is C15H18FN3O9. The number of amides is 2. The third kappa shape index (κ3) is 2.90. The summed E-state index contributed by atoms with van der Waals surface area (Å²) in [6.07, 6.45) is -0.744. The number of anilines is 1. The van der Waals surface area contributed by atoms with E-state index in [1.807, 2.05) is 5.32 Å². The molecule has 1 aromatic carbocycles. The summed E-state index contributed by atoms with van der Waals surface area (Å²) in [5.41, 5.74) is -1.59. The quantitative estimate of drug-likeness (QED) is 0.171. The van der Waals surface area contributed by atoms with Gasteiger partial charge in [0.15, 0.2) is 12.3 Å². The third-order valence-electron chi connectivity index (χ3n) is 4.33.